The van der Waals surface area contributed by atoms with Crippen molar-refractivity contribution >= 4 is 11.9 Å². The average Bonchev–Trinajstić information content (AvgIpc) is 2.29. The first-order valence-electron chi connectivity index (χ1n) is 6.77. The lowest BCUT2D eigenvalue weighted by atomic mass is 9.65. The standard InChI is InChI=1S/C14H27NO4/c1-7-13(4,5)14(6,15)10(11(16)18-8-2)12(17)19-9-3/h10H,7-9,15H2,1-6H3. The molecule has 0 heterocycles. The first kappa shape index (κ1) is 17.9. The highest BCUT2D eigenvalue weighted by Gasteiger charge is 2.51. The van der Waals surface area contributed by atoms with Gasteiger partial charge in [0.25, 0.3) is 0 Å². The molecule has 19 heavy (non-hydrogen) atoms. The zero-order valence-electron chi connectivity index (χ0n) is 12.9. The van der Waals surface area contributed by atoms with Crippen molar-refractivity contribution in [2.75, 3.05) is 13.2 Å². The van der Waals surface area contributed by atoms with Crippen LogP contribution in [0, 0.1) is 11.3 Å². The average molecular weight is 273 g/mol. The molecule has 0 aliphatic rings. The Morgan fingerprint density at radius 2 is 1.37 bits per heavy atom. The number of carbonyl (C=O) groups excluding carboxylic acids is 2. The van der Waals surface area contributed by atoms with Crippen LogP contribution in [0.3, 0.4) is 0 Å². The van der Waals surface area contributed by atoms with Crippen LogP contribution in [-0.4, -0.2) is 30.7 Å². The minimum Gasteiger partial charge on any atom is -0.465 e. The number of rotatable bonds is 7. The SMILES string of the molecule is CCOC(=O)C(C(=O)OCC)C(C)(N)C(C)(C)CC. The van der Waals surface area contributed by atoms with Crippen LogP contribution in [0.4, 0.5) is 0 Å². The van der Waals surface area contributed by atoms with E-state index in [4.69, 9.17) is 15.2 Å². The van der Waals surface area contributed by atoms with Crippen molar-refractivity contribution in [3.63, 3.8) is 0 Å². The smallest absolute Gasteiger partial charge is 0.322 e. The van der Waals surface area contributed by atoms with Gasteiger partial charge in [0.2, 0.25) is 0 Å². The number of esters is 2. The van der Waals surface area contributed by atoms with Crippen molar-refractivity contribution in [3.05, 3.63) is 0 Å². The van der Waals surface area contributed by atoms with Crippen LogP contribution in [0.5, 0.6) is 0 Å². The van der Waals surface area contributed by atoms with E-state index in [-0.39, 0.29) is 13.2 Å². The van der Waals surface area contributed by atoms with Gasteiger partial charge in [-0.3, -0.25) is 9.59 Å². The van der Waals surface area contributed by atoms with E-state index >= 15 is 0 Å². The molecule has 0 bridgehead atoms. The summed E-state index contributed by atoms with van der Waals surface area (Å²) in [5, 5.41) is 0. The summed E-state index contributed by atoms with van der Waals surface area (Å²) in [6.07, 6.45) is 0.731. The lowest BCUT2D eigenvalue weighted by Gasteiger charge is -2.43. The van der Waals surface area contributed by atoms with Gasteiger partial charge in [-0.25, -0.2) is 0 Å². The highest BCUT2D eigenvalue weighted by molar-refractivity contribution is 5.96. The third-order valence-electron chi connectivity index (χ3n) is 3.99. The third-order valence-corrected chi connectivity index (χ3v) is 3.99. The summed E-state index contributed by atoms with van der Waals surface area (Å²) in [5.74, 6) is -2.35. The first-order chi connectivity index (χ1) is 8.65. The Hall–Kier alpha value is -1.10. The molecule has 0 radical (unpaired) electrons. The minimum absolute atomic E-state index is 0.206. The molecule has 5 nitrogen and oxygen atoms in total. The largest absolute Gasteiger partial charge is 0.465 e. The zero-order chi connectivity index (χ0) is 15.3. The van der Waals surface area contributed by atoms with Crippen LogP contribution in [0.15, 0.2) is 0 Å². The molecule has 1 unspecified atom stereocenters. The Kier molecular flexibility index (Phi) is 6.49. The molecule has 0 amide bonds. The van der Waals surface area contributed by atoms with E-state index < -0.39 is 28.8 Å². The van der Waals surface area contributed by atoms with Gasteiger partial charge in [0.05, 0.1) is 13.2 Å². The number of nitrogens with two attached hydrogens (primary N) is 1. The Morgan fingerprint density at radius 1 is 1.00 bits per heavy atom. The minimum atomic E-state index is -1.11. The van der Waals surface area contributed by atoms with Gasteiger partial charge in [-0.1, -0.05) is 20.8 Å². The zero-order valence-corrected chi connectivity index (χ0v) is 12.9. The fourth-order valence-electron chi connectivity index (χ4n) is 1.81. The van der Waals surface area contributed by atoms with Crippen LogP contribution >= 0.6 is 0 Å². The van der Waals surface area contributed by atoms with Gasteiger partial charge < -0.3 is 15.2 Å². The quantitative estimate of drug-likeness (QED) is 0.566. The van der Waals surface area contributed by atoms with E-state index in [2.05, 4.69) is 0 Å². The molecule has 2 N–H and O–H groups in total. The molecule has 112 valence electrons. The van der Waals surface area contributed by atoms with E-state index in [1.54, 1.807) is 20.8 Å². The molecule has 0 aromatic heterocycles. The van der Waals surface area contributed by atoms with E-state index in [1.807, 2.05) is 20.8 Å². The van der Waals surface area contributed by atoms with Crippen LogP contribution < -0.4 is 5.73 Å². The maximum Gasteiger partial charge on any atom is 0.322 e. The molecule has 0 aliphatic carbocycles. The van der Waals surface area contributed by atoms with Crippen molar-refractivity contribution in [2.45, 2.75) is 53.5 Å². The highest BCUT2D eigenvalue weighted by atomic mass is 16.6. The summed E-state index contributed by atoms with van der Waals surface area (Å²) < 4.78 is 9.96. The predicted octanol–water partition coefficient (Wildman–Crippen LogP) is 1.88. The van der Waals surface area contributed by atoms with Gasteiger partial charge in [-0.05, 0) is 32.6 Å². The van der Waals surface area contributed by atoms with Gasteiger partial charge in [-0.2, -0.15) is 0 Å². The Labute approximate surface area is 115 Å². The number of hydrogen-bond acceptors (Lipinski definition) is 5. The van der Waals surface area contributed by atoms with Crippen LogP contribution in [-0.2, 0) is 19.1 Å². The molecule has 0 saturated carbocycles. The van der Waals surface area contributed by atoms with Crippen LogP contribution in [0.1, 0.15) is 48.0 Å². The second-order valence-electron chi connectivity index (χ2n) is 5.46. The van der Waals surface area contributed by atoms with Crippen molar-refractivity contribution < 1.29 is 19.1 Å². The molecule has 1 atom stereocenters. The second kappa shape index (κ2) is 6.89. The molecule has 0 aliphatic heterocycles. The fourth-order valence-corrected chi connectivity index (χ4v) is 1.81. The van der Waals surface area contributed by atoms with Crippen molar-refractivity contribution in [2.24, 2.45) is 17.1 Å². The summed E-state index contributed by atoms with van der Waals surface area (Å²) in [5.41, 5.74) is 4.86. The number of ether oxygens (including phenoxy) is 2. The number of carbonyl (C=O) groups is 2. The van der Waals surface area contributed by atoms with Gasteiger partial charge >= 0.3 is 11.9 Å². The lowest BCUT2D eigenvalue weighted by molar-refractivity contribution is -0.167. The summed E-state index contributed by atoms with van der Waals surface area (Å²) in [7, 11) is 0. The summed E-state index contributed by atoms with van der Waals surface area (Å²) in [6, 6.07) is 0. The van der Waals surface area contributed by atoms with E-state index in [0.29, 0.717) is 0 Å². The van der Waals surface area contributed by atoms with Gasteiger partial charge in [-0.15, -0.1) is 0 Å². The predicted molar refractivity (Wildman–Crippen MR) is 73.4 cm³/mol. The summed E-state index contributed by atoms with van der Waals surface area (Å²) in [6.45, 7) is 11.3. The van der Waals surface area contributed by atoms with Gasteiger partial charge in [0, 0.05) is 5.54 Å². The van der Waals surface area contributed by atoms with E-state index in [0.717, 1.165) is 6.42 Å². The van der Waals surface area contributed by atoms with Crippen LogP contribution in [0.25, 0.3) is 0 Å². The topological polar surface area (TPSA) is 78.6 Å². The normalized spacial score (nSPS) is 14.9. The summed E-state index contributed by atoms with van der Waals surface area (Å²) in [4.78, 5) is 24.1. The van der Waals surface area contributed by atoms with Gasteiger partial charge in [0.15, 0.2) is 5.92 Å². The molecule has 0 aromatic carbocycles. The van der Waals surface area contributed by atoms with E-state index in [9.17, 15) is 9.59 Å². The Balaban J connectivity index is 5.45. The highest BCUT2D eigenvalue weighted by Crippen LogP contribution is 2.38. The van der Waals surface area contributed by atoms with Crippen molar-refractivity contribution in [1.29, 1.82) is 0 Å². The molecule has 0 spiro atoms. The first-order valence-corrected chi connectivity index (χ1v) is 6.77. The van der Waals surface area contributed by atoms with Gasteiger partial charge in [0.1, 0.15) is 0 Å². The Bertz CT molecular complexity index is 305. The Morgan fingerprint density at radius 3 is 1.63 bits per heavy atom. The maximum atomic E-state index is 12.1. The number of hydrogen-bond donors (Lipinski definition) is 1. The molecule has 5 heteroatoms. The second-order valence-corrected chi connectivity index (χ2v) is 5.46. The molecular weight excluding hydrogens is 246 g/mol. The molecular formula is C14H27NO4. The third kappa shape index (κ3) is 3.93. The fraction of sp³-hybridized carbons (Fsp3) is 0.857. The molecule has 0 saturated heterocycles. The summed E-state index contributed by atoms with van der Waals surface area (Å²) >= 11 is 0. The monoisotopic (exact) mass is 273 g/mol. The maximum absolute atomic E-state index is 12.1. The lowest BCUT2D eigenvalue weighted by Crippen LogP contribution is -2.60. The van der Waals surface area contributed by atoms with Crippen LogP contribution in [0.2, 0.25) is 0 Å². The molecule has 0 aromatic rings. The molecule has 0 rings (SSSR count). The van der Waals surface area contributed by atoms with Crippen molar-refractivity contribution in [1.82, 2.24) is 0 Å². The molecule has 0 fully saturated rings. The van der Waals surface area contributed by atoms with E-state index in [1.165, 1.54) is 0 Å². The van der Waals surface area contributed by atoms with Crippen molar-refractivity contribution in [3.8, 4) is 0 Å².